The minimum absolute atomic E-state index is 0.747. The normalized spacial score (nSPS) is 12.3. The Balaban J connectivity index is 0.000000265. The molecule has 15 heavy (non-hydrogen) atoms. The van der Waals surface area contributed by atoms with E-state index in [1.54, 1.807) is 0 Å². The van der Waals surface area contributed by atoms with E-state index in [-0.39, 0.29) is 0 Å². The molecule has 0 saturated carbocycles. The van der Waals surface area contributed by atoms with E-state index in [4.69, 9.17) is 10.5 Å². The molecule has 0 aromatic heterocycles. The average molecular weight is 275 g/mol. The van der Waals surface area contributed by atoms with E-state index in [2.05, 4.69) is 43.8 Å². The van der Waals surface area contributed by atoms with Crippen LogP contribution in [0.15, 0.2) is 12.4 Å². The molecular weight excluding hydrogens is 263 g/mol. The van der Waals surface area contributed by atoms with Gasteiger partial charge < -0.3 is 9.80 Å². The first-order valence-electron chi connectivity index (χ1n) is 4.14. The number of nitriles is 2. The van der Waals surface area contributed by atoms with Crippen molar-refractivity contribution in [2.75, 3.05) is 20.3 Å². The zero-order valence-electron chi connectivity index (χ0n) is 8.58. The third-order valence-corrected chi connectivity index (χ3v) is 2.08. The second-order valence-electron chi connectivity index (χ2n) is 2.52. The molecule has 1 heterocycles. The van der Waals surface area contributed by atoms with Gasteiger partial charge in [0.15, 0.2) is 0 Å². The van der Waals surface area contributed by atoms with E-state index in [1.807, 2.05) is 0 Å². The van der Waals surface area contributed by atoms with Crippen LogP contribution in [0.4, 0.5) is 0 Å². The van der Waals surface area contributed by atoms with E-state index in [9.17, 15) is 0 Å². The van der Waals surface area contributed by atoms with Gasteiger partial charge in [-0.15, -0.1) is 0 Å². The number of hydrogen-bond acceptors (Lipinski definition) is 6. The van der Waals surface area contributed by atoms with Crippen molar-refractivity contribution in [2.45, 2.75) is 6.92 Å². The molecule has 0 fully saturated rings. The van der Waals surface area contributed by atoms with Crippen molar-refractivity contribution in [3.05, 3.63) is 12.4 Å². The SMILES string of the molecule is CCN1C=CN(C)C1.N#CO[Se]OC#N. The molecule has 0 atom stereocenters. The number of nitrogens with zero attached hydrogens (tertiary/aromatic N) is 4. The molecule has 7 heteroatoms. The van der Waals surface area contributed by atoms with Crippen molar-refractivity contribution in [3.63, 3.8) is 0 Å². The molecule has 6 nitrogen and oxygen atoms in total. The molecule has 0 aromatic carbocycles. The fraction of sp³-hybridized carbons (Fsp3) is 0.500. The van der Waals surface area contributed by atoms with Crippen molar-refractivity contribution in [2.24, 2.45) is 0 Å². The summed E-state index contributed by atoms with van der Waals surface area (Å²) in [4.78, 5) is 4.41. The summed E-state index contributed by atoms with van der Waals surface area (Å²) in [7, 11) is 2.08. The maximum atomic E-state index is 7.65. The van der Waals surface area contributed by atoms with E-state index >= 15 is 0 Å². The minimum atomic E-state index is -0.747. The van der Waals surface area contributed by atoms with E-state index in [1.165, 1.54) is 12.5 Å². The molecule has 0 N–H and O–H groups in total. The summed E-state index contributed by atoms with van der Waals surface area (Å²) in [5.41, 5.74) is 0. The molecule has 0 amide bonds. The fourth-order valence-electron chi connectivity index (χ4n) is 0.842. The third kappa shape index (κ3) is 7.51. The van der Waals surface area contributed by atoms with Gasteiger partial charge in [-0.3, -0.25) is 0 Å². The van der Waals surface area contributed by atoms with Gasteiger partial charge in [0, 0.05) is 26.0 Å². The van der Waals surface area contributed by atoms with E-state index < -0.39 is 15.6 Å². The Labute approximate surface area is 96.1 Å². The Hall–Kier alpha value is -1.56. The molecule has 0 aromatic rings. The average Bonchev–Trinajstić information content (AvgIpc) is 2.66. The van der Waals surface area contributed by atoms with Crippen LogP contribution < -0.4 is 0 Å². The molecule has 1 aliphatic heterocycles. The summed E-state index contributed by atoms with van der Waals surface area (Å²) in [6, 6.07) is 0. The van der Waals surface area contributed by atoms with Gasteiger partial charge in [-0.25, -0.2) is 0 Å². The third-order valence-electron chi connectivity index (χ3n) is 1.49. The first-order chi connectivity index (χ1) is 7.24. The molecule has 0 unspecified atom stereocenters. The summed E-state index contributed by atoms with van der Waals surface area (Å²) in [5.74, 6) is 0. The Morgan fingerprint density at radius 3 is 2.20 bits per heavy atom. The molecule has 0 radical (unpaired) electrons. The Bertz CT molecular complexity index is 257. The quantitative estimate of drug-likeness (QED) is 0.416. The van der Waals surface area contributed by atoms with E-state index in [0.717, 1.165) is 13.2 Å². The summed E-state index contributed by atoms with van der Waals surface area (Å²) in [5, 5.41) is 15.3. The standard InChI is InChI=1S/C6H12N2.C2N2O2Se/c1-3-8-5-4-7(2)6-8;3-1-5-7-6-2-4/h4-5H,3,6H2,1-2H3;. The monoisotopic (exact) mass is 276 g/mol. The van der Waals surface area contributed by atoms with E-state index in [0.29, 0.717) is 0 Å². The van der Waals surface area contributed by atoms with Gasteiger partial charge in [0.05, 0.1) is 6.67 Å². The van der Waals surface area contributed by atoms with Crippen molar-refractivity contribution < 1.29 is 7.64 Å². The van der Waals surface area contributed by atoms with Crippen LogP contribution in [0.1, 0.15) is 6.92 Å². The van der Waals surface area contributed by atoms with Gasteiger partial charge in [-0.2, -0.15) is 0 Å². The van der Waals surface area contributed by atoms with Gasteiger partial charge in [0.1, 0.15) is 0 Å². The van der Waals surface area contributed by atoms with Crippen molar-refractivity contribution in [1.82, 2.24) is 9.80 Å². The van der Waals surface area contributed by atoms with Crippen LogP contribution in [0.3, 0.4) is 0 Å². The first kappa shape index (κ1) is 13.4. The summed E-state index contributed by atoms with van der Waals surface area (Å²) in [6.07, 6.45) is 6.91. The van der Waals surface area contributed by atoms with Crippen LogP contribution in [-0.4, -0.2) is 45.7 Å². The van der Waals surface area contributed by atoms with Gasteiger partial charge in [-0.05, 0) is 6.92 Å². The molecule has 1 aliphatic rings. The topological polar surface area (TPSA) is 72.5 Å². The predicted molar refractivity (Wildman–Crippen MR) is 53.3 cm³/mol. The number of hydrogen-bond donors (Lipinski definition) is 0. The zero-order chi connectivity index (χ0) is 11.5. The van der Waals surface area contributed by atoms with Crippen molar-refractivity contribution in [1.29, 1.82) is 10.5 Å². The molecule has 0 spiro atoms. The Morgan fingerprint density at radius 2 is 1.93 bits per heavy atom. The van der Waals surface area contributed by atoms with Crippen LogP contribution in [0.5, 0.6) is 0 Å². The van der Waals surface area contributed by atoms with Crippen LogP contribution in [0.2, 0.25) is 0 Å². The van der Waals surface area contributed by atoms with Gasteiger partial charge in [0.2, 0.25) is 0 Å². The molecule has 0 aliphatic carbocycles. The van der Waals surface area contributed by atoms with Crippen molar-refractivity contribution >= 4 is 15.6 Å². The zero-order valence-corrected chi connectivity index (χ0v) is 10.3. The Kier molecular flexibility index (Phi) is 8.07. The van der Waals surface area contributed by atoms with Gasteiger partial charge in [-0.1, -0.05) is 0 Å². The van der Waals surface area contributed by atoms with Crippen LogP contribution in [0, 0.1) is 23.0 Å². The molecule has 1 rings (SSSR count). The van der Waals surface area contributed by atoms with Crippen molar-refractivity contribution in [3.8, 4) is 12.5 Å². The summed E-state index contributed by atoms with van der Waals surface area (Å²) < 4.78 is 7.99. The van der Waals surface area contributed by atoms with Crippen LogP contribution >= 0.6 is 0 Å². The maximum absolute atomic E-state index is 7.65. The first-order valence-corrected chi connectivity index (χ1v) is 5.54. The molecular formula is C8H12N4O2Se. The molecule has 82 valence electrons. The second-order valence-corrected chi connectivity index (χ2v) is 3.50. The van der Waals surface area contributed by atoms with Crippen LogP contribution in [0.25, 0.3) is 0 Å². The molecule has 0 bridgehead atoms. The second kappa shape index (κ2) is 9.01. The predicted octanol–water partition coefficient (Wildman–Crippen LogP) is 0.198. The Morgan fingerprint density at radius 1 is 1.33 bits per heavy atom. The van der Waals surface area contributed by atoms with Crippen LogP contribution in [-0.2, 0) is 7.64 Å². The molecule has 0 saturated heterocycles. The van der Waals surface area contributed by atoms with Gasteiger partial charge >= 0.3 is 46.3 Å². The number of rotatable bonds is 3. The van der Waals surface area contributed by atoms with Gasteiger partial charge in [0.25, 0.3) is 0 Å². The fourth-order valence-corrected chi connectivity index (χ4v) is 1.04. The summed E-state index contributed by atoms with van der Waals surface area (Å²) in [6.45, 7) is 4.32. The summed E-state index contributed by atoms with van der Waals surface area (Å²) >= 11 is -0.747.